The molecule has 3 nitrogen and oxygen atoms in total. The van der Waals surface area contributed by atoms with Crippen LogP contribution in [0.25, 0.3) is 0 Å². The molecule has 0 aliphatic carbocycles. The van der Waals surface area contributed by atoms with Gasteiger partial charge in [-0.15, -0.1) is 0 Å². The monoisotopic (exact) mass is 261 g/mol. The van der Waals surface area contributed by atoms with E-state index in [0.29, 0.717) is 6.04 Å². The van der Waals surface area contributed by atoms with Crippen molar-refractivity contribution in [1.82, 2.24) is 4.90 Å². The molecule has 0 saturated carbocycles. The van der Waals surface area contributed by atoms with Gasteiger partial charge in [0.1, 0.15) is 0 Å². The van der Waals surface area contributed by atoms with Crippen LogP contribution in [0.4, 0.5) is 0 Å². The zero-order chi connectivity index (χ0) is 13.7. The third-order valence-electron chi connectivity index (χ3n) is 3.88. The van der Waals surface area contributed by atoms with E-state index < -0.39 is 0 Å². The highest BCUT2D eigenvalue weighted by molar-refractivity contribution is 5.97. The van der Waals surface area contributed by atoms with Crippen LogP contribution in [0, 0.1) is 5.92 Å². The van der Waals surface area contributed by atoms with Gasteiger partial charge in [-0.25, -0.2) is 0 Å². The zero-order valence-electron chi connectivity index (χ0n) is 11.8. The van der Waals surface area contributed by atoms with Crippen molar-refractivity contribution in [2.24, 2.45) is 5.92 Å². The normalized spacial score (nSPS) is 18.5. The van der Waals surface area contributed by atoms with Gasteiger partial charge in [0.05, 0.1) is 0 Å². The van der Waals surface area contributed by atoms with E-state index in [9.17, 15) is 4.79 Å². The van der Waals surface area contributed by atoms with Gasteiger partial charge in [0.2, 0.25) is 0 Å². The number of rotatable bonds is 5. The van der Waals surface area contributed by atoms with Crippen LogP contribution in [-0.2, 0) is 4.74 Å². The zero-order valence-corrected chi connectivity index (χ0v) is 11.8. The Morgan fingerprint density at radius 1 is 1.32 bits per heavy atom. The van der Waals surface area contributed by atoms with E-state index >= 15 is 0 Å². The highest BCUT2D eigenvalue weighted by atomic mass is 16.5. The Kier molecular flexibility index (Phi) is 5.11. The molecular weight excluding hydrogens is 238 g/mol. The number of carbonyl (C=O) groups is 1. The number of ketones is 1. The Hall–Kier alpha value is -1.19. The average Bonchev–Trinajstić information content (AvgIpc) is 2.48. The lowest BCUT2D eigenvalue weighted by atomic mass is 9.97. The molecule has 1 aliphatic heterocycles. The van der Waals surface area contributed by atoms with Crippen LogP contribution in [0.3, 0.4) is 0 Å². The molecule has 0 bridgehead atoms. The van der Waals surface area contributed by atoms with Crippen molar-refractivity contribution in [3.63, 3.8) is 0 Å². The summed E-state index contributed by atoms with van der Waals surface area (Å²) in [5.41, 5.74) is 0.815. The van der Waals surface area contributed by atoms with Crippen molar-refractivity contribution >= 4 is 5.78 Å². The predicted molar refractivity (Wildman–Crippen MR) is 76.4 cm³/mol. The van der Waals surface area contributed by atoms with E-state index in [1.807, 2.05) is 37.3 Å². The van der Waals surface area contributed by atoms with Crippen molar-refractivity contribution in [1.29, 1.82) is 0 Å². The van der Waals surface area contributed by atoms with E-state index in [0.717, 1.165) is 38.2 Å². The van der Waals surface area contributed by atoms with Crippen LogP contribution in [0.1, 0.15) is 30.1 Å². The second-order valence-corrected chi connectivity index (χ2v) is 5.41. The molecule has 2 rings (SSSR count). The number of nitrogens with zero attached hydrogens (tertiary/aromatic N) is 1. The number of Topliss-reactive ketones (excluding diaryl/α,β-unsaturated/α-hetero) is 1. The molecule has 0 radical (unpaired) electrons. The second-order valence-electron chi connectivity index (χ2n) is 5.41. The maximum atomic E-state index is 12.3. The molecule has 19 heavy (non-hydrogen) atoms. The Morgan fingerprint density at radius 2 is 1.95 bits per heavy atom. The van der Waals surface area contributed by atoms with Crippen molar-refractivity contribution in [2.75, 3.05) is 26.8 Å². The molecule has 1 saturated heterocycles. The van der Waals surface area contributed by atoms with Gasteiger partial charge in [-0.3, -0.25) is 4.79 Å². The molecule has 0 spiro atoms. The van der Waals surface area contributed by atoms with Crippen molar-refractivity contribution in [2.45, 2.75) is 25.8 Å². The highest BCUT2D eigenvalue weighted by Gasteiger charge is 2.22. The molecule has 1 fully saturated rings. The number of benzene rings is 1. The fourth-order valence-electron chi connectivity index (χ4n) is 2.68. The molecule has 0 amide bonds. The molecule has 1 atom stereocenters. The highest BCUT2D eigenvalue weighted by Crippen LogP contribution is 2.16. The van der Waals surface area contributed by atoms with Crippen LogP contribution in [-0.4, -0.2) is 43.5 Å². The van der Waals surface area contributed by atoms with Crippen molar-refractivity contribution in [3.8, 4) is 0 Å². The first-order valence-electron chi connectivity index (χ1n) is 7.05. The molecule has 1 aromatic rings. The van der Waals surface area contributed by atoms with E-state index in [2.05, 4.69) is 11.9 Å². The predicted octanol–water partition coefficient (Wildman–Crippen LogP) is 2.62. The van der Waals surface area contributed by atoms with Crippen LogP contribution >= 0.6 is 0 Å². The van der Waals surface area contributed by atoms with Crippen LogP contribution in [0.2, 0.25) is 0 Å². The first-order valence-corrected chi connectivity index (χ1v) is 7.05. The summed E-state index contributed by atoms with van der Waals surface area (Å²) in [5.74, 6) is 0.273. The van der Waals surface area contributed by atoms with E-state index in [1.54, 1.807) is 0 Å². The van der Waals surface area contributed by atoms with Crippen LogP contribution in [0.15, 0.2) is 30.3 Å². The van der Waals surface area contributed by atoms with Crippen LogP contribution in [0.5, 0.6) is 0 Å². The Labute approximate surface area is 115 Å². The minimum absolute atomic E-state index is 0.0373. The van der Waals surface area contributed by atoms with Gasteiger partial charge >= 0.3 is 0 Å². The lowest BCUT2D eigenvalue weighted by Gasteiger charge is -2.32. The average molecular weight is 261 g/mol. The fraction of sp³-hybridized carbons (Fsp3) is 0.562. The first-order chi connectivity index (χ1) is 9.18. The number of hydrogen-bond acceptors (Lipinski definition) is 3. The SMILES string of the molecule is CC(CN(C)C1CCOCC1)C(=O)c1ccccc1. The molecule has 1 aromatic carbocycles. The number of hydrogen-bond donors (Lipinski definition) is 0. The molecule has 0 aromatic heterocycles. The number of carbonyl (C=O) groups excluding carboxylic acids is 1. The minimum atomic E-state index is 0.0373. The molecule has 3 heteroatoms. The number of ether oxygens (including phenoxy) is 1. The summed E-state index contributed by atoms with van der Waals surface area (Å²) in [7, 11) is 2.12. The largest absolute Gasteiger partial charge is 0.381 e. The van der Waals surface area contributed by atoms with E-state index in [4.69, 9.17) is 4.74 Å². The van der Waals surface area contributed by atoms with Gasteiger partial charge in [-0.05, 0) is 19.9 Å². The van der Waals surface area contributed by atoms with E-state index in [1.165, 1.54) is 0 Å². The first kappa shape index (κ1) is 14.2. The summed E-state index contributed by atoms with van der Waals surface area (Å²) < 4.78 is 5.38. The second kappa shape index (κ2) is 6.83. The summed E-state index contributed by atoms with van der Waals surface area (Å²) in [5, 5.41) is 0. The standard InChI is InChI=1S/C16H23NO2/c1-13(16(18)14-6-4-3-5-7-14)12-17(2)15-8-10-19-11-9-15/h3-7,13,15H,8-12H2,1-2H3. The van der Waals surface area contributed by atoms with Crippen molar-refractivity contribution in [3.05, 3.63) is 35.9 Å². The fourth-order valence-corrected chi connectivity index (χ4v) is 2.68. The Morgan fingerprint density at radius 3 is 2.58 bits per heavy atom. The maximum Gasteiger partial charge on any atom is 0.166 e. The van der Waals surface area contributed by atoms with Gasteiger partial charge in [-0.2, -0.15) is 0 Å². The lowest BCUT2D eigenvalue weighted by Crippen LogP contribution is -2.40. The maximum absolute atomic E-state index is 12.3. The molecule has 104 valence electrons. The van der Waals surface area contributed by atoms with Gasteiger partial charge in [0.15, 0.2) is 5.78 Å². The third kappa shape index (κ3) is 3.88. The van der Waals surface area contributed by atoms with Gasteiger partial charge < -0.3 is 9.64 Å². The molecule has 1 heterocycles. The van der Waals surface area contributed by atoms with E-state index in [-0.39, 0.29) is 11.7 Å². The third-order valence-corrected chi connectivity index (χ3v) is 3.88. The molecule has 1 aliphatic rings. The quantitative estimate of drug-likeness (QED) is 0.763. The summed E-state index contributed by atoms with van der Waals surface area (Å²) in [6, 6.07) is 10.1. The van der Waals surface area contributed by atoms with Crippen LogP contribution < -0.4 is 0 Å². The Bertz CT molecular complexity index is 398. The lowest BCUT2D eigenvalue weighted by molar-refractivity contribution is 0.0385. The topological polar surface area (TPSA) is 29.5 Å². The molecule has 1 unspecified atom stereocenters. The molecular formula is C16H23NO2. The molecule has 0 N–H and O–H groups in total. The minimum Gasteiger partial charge on any atom is -0.381 e. The van der Waals surface area contributed by atoms with Gasteiger partial charge in [0, 0.05) is 37.3 Å². The summed E-state index contributed by atoms with van der Waals surface area (Å²) in [6.07, 6.45) is 2.14. The summed E-state index contributed by atoms with van der Waals surface area (Å²) in [6.45, 7) is 4.52. The van der Waals surface area contributed by atoms with Crippen molar-refractivity contribution < 1.29 is 9.53 Å². The van der Waals surface area contributed by atoms with Gasteiger partial charge in [-0.1, -0.05) is 37.3 Å². The van der Waals surface area contributed by atoms with Gasteiger partial charge in [0.25, 0.3) is 0 Å². The Balaban J connectivity index is 1.89. The smallest absolute Gasteiger partial charge is 0.166 e. The summed E-state index contributed by atoms with van der Waals surface area (Å²) in [4.78, 5) is 14.6. The summed E-state index contributed by atoms with van der Waals surface area (Å²) >= 11 is 0.